The predicted molar refractivity (Wildman–Crippen MR) is 115 cm³/mol. The van der Waals surface area contributed by atoms with Gasteiger partial charge in [0, 0.05) is 18.6 Å². The van der Waals surface area contributed by atoms with Crippen LogP contribution in [-0.4, -0.2) is 70.7 Å². The molecule has 2 aliphatic rings. The fourth-order valence-electron chi connectivity index (χ4n) is 3.16. The van der Waals surface area contributed by atoms with Crippen LogP contribution in [0.25, 0.3) is 0 Å². The second kappa shape index (κ2) is 8.32. The van der Waals surface area contributed by atoms with E-state index in [1.54, 1.807) is 7.05 Å². The minimum atomic E-state index is -1.16. The Morgan fingerprint density at radius 1 is 1.43 bits per heavy atom. The second-order valence-electron chi connectivity index (χ2n) is 6.46. The number of aryl methyl sites for hydroxylation is 2. The van der Waals surface area contributed by atoms with Gasteiger partial charge in [-0.2, -0.15) is 5.10 Å². The molecule has 0 aliphatic carbocycles. The lowest BCUT2D eigenvalue weighted by atomic mass is 10.0. The highest BCUT2D eigenvalue weighted by Crippen LogP contribution is 2.41. The molecule has 2 amide bonds. The summed E-state index contributed by atoms with van der Waals surface area (Å²) in [7, 11) is 1.62. The highest BCUT2D eigenvalue weighted by atomic mass is 79.9. The molecule has 10 nitrogen and oxygen atoms in total. The molecule has 1 saturated heterocycles. The first-order chi connectivity index (χ1) is 14.3. The van der Waals surface area contributed by atoms with Gasteiger partial charge in [0.15, 0.2) is 4.34 Å². The Bertz CT molecular complexity index is 1060. The average molecular weight is 531 g/mol. The maximum atomic E-state index is 12.7. The number of nitrogens with zero attached hydrogens (tertiary/aromatic N) is 5. The van der Waals surface area contributed by atoms with Gasteiger partial charge in [-0.25, -0.2) is 4.79 Å². The molecule has 0 saturated carbocycles. The van der Waals surface area contributed by atoms with Gasteiger partial charge in [0.25, 0.3) is 11.8 Å². The van der Waals surface area contributed by atoms with Crippen molar-refractivity contribution in [2.75, 3.05) is 11.5 Å². The van der Waals surface area contributed by atoms with E-state index in [9.17, 15) is 19.5 Å². The number of carbonyl (C=O) groups is 3. The Labute approximate surface area is 191 Å². The second-order valence-corrected chi connectivity index (χ2v) is 10.8. The summed E-state index contributed by atoms with van der Waals surface area (Å²) >= 11 is 7.53. The highest BCUT2D eigenvalue weighted by Gasteiger charge is 2.54. The van der Waals surface area contributed by atoms with Crippen molar-refractivity contribution in [3.8, 4) is 0 Å². The molecule has 158 valence electrons. The van der Waals surface area contributed by atoms with Crippen LogP contribution in [0, 0.1) is 6.92 Å². The zero-order chi connectivity index (χ0) is 21.6. The zero-order valence-corrected chi connectivity index (χ0v) is 19.7. The summed E-state index contributed by atoms with van der Waals surface area (Å²) in [6, 6.07) is -0.793. The topological polar surface area (TPSA) is 130 Å². The number of aliphatic carboxylic acids is 1. The number of hydrogen-bond acceptors (Lipinski definition) is 9. The van der Waals surface area contributed by atoms with Gasteiger partial charge in [-0.3, -0.25) is 19.2 Å². The van der Waals surface area contributed by atoms with Gasteiger partial charge >= 0.3 is 5.97 Å². The normalized spacial score (nSPS) is 20.8. The van der Waals surface area contributed by atoms with Crippen molar-refractivity contribution in [1.29, 1.82) is 0 Å². The van der Waals surface area contributed by atoms with E-state index in [-0.39, 0.29) is 5.70 Å². The Morgan fingerprint density at radius 3 is 2.80 bits per heavy atom. The molecule has 0 unspecified atom stereocenters. The number of amides is 2. The van der Waals surface area contributed by atoms with E-state index < -0.39 is 29.2 Å². The minimum Gasteiger partial charge on any atom is -0.477 e. The van der Waals surface area contributed by atoms with Crippen molar-refractivity contribution in [3.63, 3.8) is 0 Å². The van der Waals surface area contributed by atoms with Gasteiger partial charge in [0.1, 0.15) is 27.8 Å². The molecule has 2 aromatic rings. The van der Waals surface area contributed by atoms with Gasteiger partial charge in [0.05, 0.1) is 10.7 Å². The summed E-state index contributed by atoms with van der Waals surface area (Å²) in [5.74, 6) is -1.20. The molecule has 2 N–H and O–H groups in total. The summed E-state index contributed by atoms with van der Waals surface area (Å²) in [5, 5.41) is 24.8. The molecule has 0 aromatic carbocycles. The summed E-state index contributed by atoms with van der Waals surface area (Å²) in [4.78, 5) is 38.5. The van der Waals surface area contributed by atoms with Crippen LogP contribution in [-0.2, 0) is 16.6 Å². The molecule has 0 radical (unpaired) electrons. The van der Waals surface area contributed by atoms with Crippen molar-refractivity contribution in [2.45, 2.75) is 22.7 Å². The third-order valence-electron chi connectivity index (χ3n) is 4.52. The van der Waals surface area contributed by atoms with Crippen molar-refractivity contribution >= 4 is 68.6 Å². The van der Waals surface area contributed by atoms with Crippen LogP contribution in [0.4, 0.5) is 0 Å². The van der Waals surface area contributed by atoms with E-state index >= 15 is 0 Å². The molecule has 1 fully saturated rings. The monoisotopic (exact) mass is 530 g/mol. The Balaban J connectivity index is 1.50. The van der Waals surface area contributed by atoms with Gasteiger partial charge < -0.3 is 10.4 Å². The first kappa shape index (κ1) is 21.3. The van der Waals surface area contributed by atoms with E-state index in [1.807, 2.05) is 6.92 Å². The molecule has 0 bridgehead atoms. The van der Waals surface area contributed by atoms with Crippen LogP contribution in [0.1, 0.15) is 15.5 Å². The molecule has 14 heteroatoms. The third-order valence-corrected chi connectivity index (χ3v) is 8.50. The SMILES string of the molecule is Cc1nnc(SCC2=C(C(=O)O)N3C(=O)[C@H](NC(=O)c4c(Br)cnn4C)[C@H]3SC2)s1. The number of nitrogens with one attached hydrogen (secondary N) is 1. The van der Waals surface area contributed by atoms with Crippen LogP contribution in [0.2, 0.25) is 0 Å². The Hall–Kier alpha value is -1.90. The number of carbonyl (C=O) groups excluding carboxylic acids is 2. The van der Waals surface area contributed by atoms with Crippen molar-refractivity contribution in [3.05, 3.63) is 32.6 Å². The van der Waals surface area contributed by atoms with Crippen LogP contribution >= 0.6 is 50.8 Å². The number of fused-ring (bicyclic) bond motifs is 1. The molecule has 30 heavy (non-hydrogen) atoms. The quantitative estimate of drug-likeness (QED) is 0.421. The number of halogens is 1. The number of hydrogen-bond donors (Lipinski definition) is 2. The van der Waals surface area contributed by atoms with E-state index in [2.05, 4.69) is 36.5 Å². The molecule has 2 aromatic heterocycles. The van der Waals surface area contributed by atoms with Gasteiger partial charge in [-0.05, 0) is 28.4 Å². The molecule has 4 rings (SSSR count). The Morgan fingerprint density at radius 2 is 2.20 bits per heavy atom. The number of β-lactam (4-membered cyclic amide) rings is 1. The molecule has 2 atom stereocenters. The number of carboxylic acid groups (broad SMARTS) is 1. The largest absolute Gasteiger partial charge is 0.477 e. The Kier molecular flexibility index (Phi) is 5.92. The summed E-state index contributed by atoms with van der Waals surface area (Å²) < 4.78 is 2.67. The molecular weight excluding hydrogens is 516 g/mol. The summed E-state index contributed by atoms with van der Waals surface area (Å²) in [5.41, 5.74) is 0.930. The number of carboxylic acids is 1. The third kappa shape index (κ3) is 3.76. The maximum absolute atomic E-state index is 12.7. The smallest absolute Gasteiger partial charge is 0.352 e. The number of rotatable bonds is 6. The summed E-state index contributed by atoms with van der Waals surface area (Å²) in [6.07, 6.45) is 1.49. The minimum absolute atomic E-state index is 0.00954. The van der Waals surface area contributed by atoms with E-state index in [0.29, 0.717) is 27.2 Å². The van der Waals surface area contributed by atoms with E-state index in [1.165, 1.54) is 50.6 Å². The van der Waals surface area contributed by atoms with Crippen LogP contribution in [0.15, 0.2) is 26.3 Å². The van der Waals surface area contributed by atoms with Gasteiger partial charge in [-0.1, -0.05) is 23.1 Å². The highest BCUT2D eigenvalue weighted by molar-refractivity contribution is 9.10. The standard InChI is InChI=1S/C16H15BrN6O4S3/c1-6-20-21-16(30-6)29-5-7-4-28-14-9(13(25)23(14)10(7)15(26)27)19-12(24)11-8(17)3-18-22(11)2/h3,9,14H,4-5H2,1-2H3,(H,19,24)(H,26,27)/t9-,14+/m0/s1. The van der Waals surface area contributed by atoms with Gasteiger partial charge in [0.2, 0.25) is 0 Å². The fraction of sp³-hybridized carbons (Fsp3) is 0.375. The lowest BCUT2D eigenvalue weighted by Crippen LogP contribution is -2.70. The lowest BCUT2D eigenvalue weighted by Gasteiger charge is -2.49. The lowest BCUT2D eigenvalue weighted by molar-refractivity contribution is -0.148. The number of aromatic nitrogens is 4. The number of thioether (sulfide) groups is 2. The van der Waals surface area contributed by atoms with Crippen molar-refractivity contribution in [1.82, 2.24) is 30.2 Å². The average Bonchev–Trinajstić information content (AvgIpc) is 3.27. The van der Waals surface area contributed by atoms with Crippen LogP contribution < -0.4 is 5.32 Å². The van der Waals surface area contributed by atoms with E-state index in [4.69, 9.17) is 0 Å². The van der Waals surface area contributed by atoms with Crippen LogP contribution in [0.3, 0.4) is 0 Å². The first-order valence-electron chi connectivity index (χ1n) is 8.59. The maximum Gasteiger partial charge on any atom is 0.352 e. The van der Waals surface area contributed by atoms with Crippen molar-refractivity contribution < 1.29 is 19.5 Å². The van der Waals surface area contributed by atoms with Gasteiger partial charge in [-0.15, -0.1) is 22.0 Å². The van der Waals surface area contributed by atoms with E-state index in [0.717, 1.165) is 9.35 Å². The predicted octanol–water partition coefficient (Wildman–Crippen LogP) is 1.49. The molecule has 0 spiro atoms. The molecular formula is C16H15BrN6O4S3. The molecule has 4 heterocycles. The van der Waals surface area contributed by atoms with Crippen LogP contribution in [0.5, 0.6) is 0 Å². The first-order valence-corrected chi connectivity index (χ1v) is 12.2. The fourth-order valence-corrected chi connectivity index (χ4v) is 6.98. The summed E-state index contributed by atoms with van der Waals surface area (Å²) in [6.45, 7) is 1.85. The zero-order valence-electron chi connectivity index (χ0n) is 15.7. The van der Waals surface area contributed by atoms with Crippen molar-refractivity contribution in [2.24, 2.45) is 7.05 Å². The molecule has 2 aliphatic heterocycles.